The van der Waals surface area contributed by atoms with Gasteiger partial charge >= 0.3 is 0 Å². The van der Waals surface area contributed by atoms with Crippen LogP contribution in [0, 0.1) is 17.7 Å². The SMILES string of the molecule is CCCC1COC(CCCCC2CCC(c3ccc(F)cc3)CC2)OC1. The smallest absolute Gasteiger partial charge is 0.157 e. The van der Waals surface area contributed by atoms with Crippen molar-refractivity contribution in [3.05, 3.63) is 35.6 Å². The molecule has 3 rings (SSSR count). The van der Waals surface area contributed by atoms with Crippen molar-refractivity contribution < 1.29 is 13.9 Å². The average molecular weight is 363 g/mol. The molecule has 1 aromatic rings. The van der Waals surface area contributed by atoms with Crippen LogP contribution in [0.1, 0.15) is 82.6 Å². The Hall–Kier alpha value is -0.930. The van der Waals surface area contributed by atoms with Gasteiger partial charge in [0.25, 0.3) is 0 Å². The van der Waals surface area contributed by atoms with Crippen molar-refractivity contribution in [2.24, 2.45) is 11.8 Å². The van der Waals surface area contributed by atoms with Gasteiger partial charge in [0.05, 0.1) is 13.2 Å². The summed E-state index contributed by atoms with van der Waals surface area (Å²) >= 11 is 0. The molecule has 0 radical (unpaired) electrons. The van der Waals surface area contributed by atoms with Gasteiger partial charge in [-0.2, -0.15) is 0 Å². The maximum atomic E-state index is 13.1. The molecule has 1 heterocycles. The summed E-state index contributed by atoms with van der Waals surface area (Å²) in [5, 5.41) is 0. The lowest BCUT2D eigenvalue weighted by Crippen LogP contribution is -2.31. The molecule has 26 heavy (non-hydrogen) atoms. The Morgan fingerprint density at radius 1 is 0.846 bits per heavy atom. The van der Waals surface area contributed by atoms with E-state index in [1.165, 1.54) is 63.4 Å². The molecule has 1 aliphatic heterocycles. The molecule has 1 saturated heterocycles. The zero-order valence-corrected chi connectivity index (χ0v) is 16.3. The van der Waals surface area contributed by atoms with Gasteiger partial charge in [-0.25, -0.2) is 4.39 Å². The first-order chi connectivity index (χ1) is 12.7. The summed E-state index contributed by atoms with van der Waals surface area (Å²) in [6, 6.07) is 7.13. The van der Waals surface area contributed by atoms with Crippen molar-refractivity contribution in [2.75, 3.05) is 13.2 Å². The molecule has 1 aliphatic carbocycles. The first-order valence-electron chi connectivity index (χ1n) is 10.7. The zero-order valence-electron chi connectivity index (χ0n) is 16.3. The summed E-state index contributed by atoms with van der Waals surface area (Å²) in [6.07, 6.45) is 12.5. The van der Waals surface area contributed by atoms with Gasteiger partial charge in [-0.3, -0.25) is 0 Å². The van der Waals surface area contributed by atoms with Gasteiger partial charge in [-0.1, -0.05) is 38.3 Å². The Kier molecular flexibility index (Phi) is 7.94. The maximum absolute atomic E-state index is 13.1. The molecule has 0 spiro atoms. The quantitative estimate of drug-likeness (QED) is 0.495. The summed E-state index contributed by atoms with van der Waals surface area (Å²) in [5.74, 6) is 1.97. The molecule has 2 fully saturated rings. The topological polar surface area (TPSA) is 18.5 Å². The second kappa shape index (κ2) is 10.4. The minimum absolute atomic E-state index is 0.0392. The van der Waals surface area contributed by atoms with Crippen LogP contribution >= 0.6 is 0 Å². The van der Waals surface area contributed by atoms with Gasteiger partial charge in [-0.15, -0.1) is 0 Å². The lowest BCUT2D eigenvalue weighted by atomic mass is 9.77. The number of hydrogen-bond donors (Lipinski definition) is 0. The zero-order chi connectivity index (χ0) is 18.2. The van der Waals surface area contributed by atoms with Gasteiger partial charge in [-0.05, 0) is 74.5 Å². The number of unbranched alkanes of at least 4 members (excludes halogenated alkanes) is 1. The maximum Gasteiger partial charge on any atom is 0.157 e. The van der Waals surface area contributed by atoms with Gasteiger partial charge in [0.2, 0.25) is 0 Å². The molecule has 0 aromatic heterocycles. The third-order valence-electron chi connectivity index (χ3n) is 6.22. The van der Waals surface area contributed by atoms with E-state index in [-0.39, 0.29) is 12.1 Å². The van der Waals surface area contributed by atoms with Gasteiger partial charge < -0.3 is 9.47 Å². The lowest BCUT2D eigenvalue weighted by molar-refractivity contribution is -0.204. The van der Waals surface area contributed by atoms with E-state index >= 15 is 0 Å². The minimum atomic E-state index is -0.130. The van der Waals surface area contributed by atoms with Crippen LogP contribution in [0.3, 0.4) is 0 Å². The molecule has 0 amide bonds. The van der Waals surface area contributed by atoms with Crippen molar-refractivity contribution in [1.29, 1.82) is 0 Å². The van der Waals surface area contributed by atoms with Crippen LogP contribution in [0.15, 0.2) is 24.3 Å². The predicted octanol–water partition coefficient (Wildman–Crippen LogP) is 6.45. The lowest BCUT2D eigenvalue weighted by Gasteiger charge is -2.30. The molecule has 2 aliphatic rings. The van der Waals surface area contributed by atoms with E-state index in [1.807, 2.05) is 12.1 Å². The number of benzene rings is 1. The Morgan fingerprint density at radius 2 is 1.50 bits per heavy atom. The van der Waals surface area contributed by atoms with Crippen LogP contribution in [0.5, 0.6) is 0 Å². The highest BCUT2D eigenvalue weighted by Gasteiger charge is 2.23. The van der Waals surface area contributed by atoms with Crippen LogP contribution in [-0.2, 0) is 9.47 Å². The fraction of sp³-hybridized carbons (Fsp3) is 0.739. The van der Waals surface area contributed by atoms with Gasteiger partial charge in [0.1, 0.15) is 5.82 Å². The highest BCUT2D eigenvalue weighted by Crippen LogP contribution is 2.37. The Bertz CT molecular complexity index is 499. The van der Waals surface area contributed by atoms with E-state index in [1.54, 1.807) is 12.1 Å². The fourth-order valence-electron chi connectivity index (χ4n) is 4.59. The molecular formula is C23H35FO2. The van der Waals surface area contributed by atoms with E-state index in [2.05, 4.69) is 6.92 Å². The van der Waals surface area contributed by atoms with Crippen molar-refractivity contribution in [3.63, 3.8) is 0 Å². The highest BCUT2D eigenvalue weighted by atomic mass is 19.1. The minimum Gasteiger partial charge on any atom is -0.352 e. The molecule has 0 atom stereocenters. The molecule has 0 unspecified atom stereocenters. The summed E-state index contributed by atoms with van der Waals surface area (Å²) in [4.78, 5) is 0. The molecule has 0 bridgehead atoms. The predicted molar refractivity (Wildman–Crippen MR) is 104 cm³/mol. The Labute approximate surface area is 158 Å². The monoisotopic (exact) mass is 362 g/mol. The first-order valence-corrected chi connectivity index (χ1v) is 10.7. The van der Waals surface area contributed by atoms with Gasteiger partial charge in [0.15, 0.2) is 6.29 Å². The molecule has 146 valence electrons. The second-order valence-electron chi connectivity index (χ2n) is 8.30. The van der Waals surface area contributed by atoms with Crippen molar-refractivity contribution in [2.45, 2.75) is 83.3 Å². The van der Waals surface area contributed by atoms with Crippen molar-refractivity contribution >= 4 is 0 Å². The highest BCUT2D eigenvalue weighted by molar-refractivity contribution is 5.20. The molecule has 0 N–H and O–H groups in total. The Morgan fingerprint density at radius 3 is 2.15 bits per heavy atom. The third-order valence-corrected chi connectivity index (χ3v) is 6.22. The van der Waals surface area contributed by atoms with Crippen LogP contribution < -0.4 is 0 Å². The van der Waals surface area contributed by atoms with E-state index in [9.17, 15) is 4.39 Å². The normalized spacial score (nSPS) is 29.6. The summed E-state index contributed by atoms with van der Waals surface area (Å²) in [7, 11) is 0. The largest absolute Gasteiger partial charge is 0.352 e. The van der Waals surface area contributed by atoms with E-state index in [4.69, 9.17) is 9.47 Å². The van der Waals surface area contributed by atoms with Crippen LogP contribution in [0.25, 0.3) is 0 Å². The van der Waals surface area contributed by atoms with Crippen molar-refractivity contribution in [3.8, 4) is 0 Å². The molecule has 1 aromatic carbocycles. The standard InChI is InChI=1S/C23H35FO2/c1-2-5-19-16-25-23(26-17-19)7-4-3-6-18-8-10-20(11-9-18)21-12-14-22(24)15-13-21/h12-15,18-20,23H,2-11,16-17H2,1H3. The van der Waals surface area contributed by atoms with Crippen LogP contribution in [0.4, 0.5) is 4.39 Å². The van der Waals surface area contributed by atoms with Crippen molar-refractivity contribution in [1.82, 2.24) is 0 Å². The Balaban J connectivity index is 1.26. The number of hydrogen-bond acceptors (Lipinski definition) is 2. The summed E-state index contributed by atoms with van der Waals surface area (Å²) in [6.45, 7) is 3.98. The summed E-state index contributed by atoms with van der Waals surface area (Å²) < 4.78 is 24.8. The van der Waals surface area contributed by atoms with Crippen LogP contribution in [-0.4, -0.2) is 19.5 Å². The molecule has 3 heteroatoms. The van der Waals surface area contributed by atoms with E-state index in [0.717, 1.165) is 25.6 Å². The summed E-state index contributed by atoms with van der Waals surface area (Å²) in [5.41, 5.74) is 1.32. The molecule has 2 nitrogen and oxygen atoms in total. The number of halogens is 1. The van der Waals surface area contributed by atoms with E-state index in [0.29, 0.717) is 11.8 Å². The van der Waals surface area contributed by atoms with Crippen LogP contribution in [0.2, 0.25) is 0 Å². The number of rotatable bonds is 8. The molecule has 1 saturated carbocycles. The average Bonchev–Trinajstić information content (AvgIpc) is 2.68. The number of ether oxygens (including phenoxy) is 2. The fourth-order valence-corrected chi connectivity index (χ4v) is 4.59. The van der Waals surface area contributed by atoms with E-state index < -0.39 is 0 Å². The van der Waals surface area contributed by atoms with Gasteiger partial charge in [0, 0.05) is 5.92 Å². The molecular weight excluding hydrogens is 327 g/mol. The second-order valence-corrected chi connectivity index (χ2v) is 8.30. The first kappa shape index (κ1) is 19.8. The third kappa shape index (κ3) is 6.06.